The number of aliphatic hydroxyl groups excluding tert-OH is 3. The number of nitrogens with zero attached hydrogens (tertiary/aromatic N) is 1. The summed E-state index contributed by atoms with van der Waals surface area (Å²) in [6.45, 7) is 2.54. The van der Waals surface area contributed by atoms with E-state index < -0.39 is 30.4 Å². The molecule has 6 nitrogen and oxygen atoms in total. The van der Waals surface area contributed by atoms with Crippen LogP contribution in [0.1, 0.15) is 13.3 Å². The van der Waals surface area contributed by atoms with Crippen molar-refractivity contribution in [2.24, 2.45) is 0 Å². The third-order valence-electron chi connectivity index (χ3n) is 3.46. The molecule has 1 amide bonds. The van der Waals surface area contributed by atoms with E-state index in [1.54, 1.807) is 0 Å². The molecule has 2 saturated heterocycles. The molecule has 2 aliphatic heterocycles. The van der Waals surface area contributed by atoms with Crippen molar-refractivity contribution in [3.05, 3.63) is 0 Å². The van der Waals surface area contributed by atoms with Crippen molar-refractivity contribution >= 4 is 5.91 Å². The minimum absolute atomic E-state index is 0.227. The lowest BCUT2D eigenvalue weighted by Crippen LogP contribution is -2.65. The normalized spacial score (nSPS) is 44.1. The molecule has 0 bridgehead atoms. The molecule has 0 aromatic carbocycles. The first-order chi connectivity index (χ1) is 7.50. The van der Waals surface area contributed by atoms with E-state index in [1.165, 1.54) is 6.92 Å². The van der Waals surface area contributed by atoms with Gasteiger partial charge in [-0.25, -0.2) is 0 Å². The number of amides is 1. The summed E-state index contributed by atoms with van der Waals surface area (Å²) >= 11 is 0. The molecule has 2 heterocycles. The van der Waals surface area contributed by atoms with Gasteiger partial charge in [-0.2, -0.15) is 0 Å². The van der Waals surface area contributed by atoms with Crippen molar-refractivity contribution in [3.8, 4) is 0 Å². The van der Waals surface area contributed by atoms with Crippen LogP contribution in [-0.4, -0.2) is 69.6 Å². The fraction of sp³-hybridized carbons (Fsp3) is 0.900. The lowest BCUT2D eigenvalue weighted by Gasteiger charge is -2.42. The first-order valence-electron chi connectivity index (χ1n) is 5.56. The Hall–Kier alpha value is -0.690. The first kappa shape index (κ1) is 11.8. The summed E-state index contributed by atoms with van der Waals surface area (Å²) in [7, 11) is 0. The van der Waals surface area contributed by atoms with E-state index in [9.17, 15) is 20.1 Å². The number of carbonyl (C=O) groups is 1. The van der Waals surface area contributed by atoms with Gasteiger partial charge in [0.05, 0.1) is 24.3 Å². The van der Waals surface area contributed by atoms with Crippen LogP contribution < -0.4 is 5.32 Å². The van der Waals surface area contributed by atoms with Crippen molar-refractivity contribution in [1.82, 2.24) is 10.2 Å². The summed E-state index contributed by atoms with van der Waals surface area (Å²) in [6.07, 6.45) is -2.02. The molecule has 0 aromatic rings. The predicted molar refractivity (Wildman–Crippen MR) is 55.6 cm³/mol. The number of hydrogen-bond donors (Lipinski definition) is 4. The number of carbonyl (C=O) groups excluding carboxylic acids is 1. The van der Waals surface area contributed by atoms with Crippen LogP contribution in [0.5, 0.6) is 0 Å². The molecular weight excluding hydrogens is 212 g/mol. The van der Waals surface area contributed by atoms with Crippen LogP contribution in [0.15, 0.2) is 0 Å². The Labute approximate surface area is 93.9 Å². The SMILES string of the molecule is CC(=O)NC1CN2CC[C@H](O)C2C(O)C1O. The molecular formula is C10H18N2O4. The van der Waals surface area contributed by atoms with Crippen molar-refractivity contribution in [2.45, 2.75) is 43.7 Å². The van der Waals surface area contributed by atoms with Gasteiger partial charge in [-0.15, -0.1) is 0 Å². The third kappa shape index (κ3) is 1.93. The largest absolute Gasteiger partial charge is 0.391 e. The van der Waals surface area contributed by atoms with Crippen LogP contribution in [0.2, 0.25) is 0 Å². The van der Waals surface area contributed by atoms with Gasteiger partial charge in [-0.3, -0.25) is 9.69 Å². The molecule has 4 N–H and O–H groups in total. The number of rotatable bonds is 1. The smallest absolute Gasteiger partial charge is 0.217 e. The summed E-state index contributed by atoms with van der Waals surface area (Å²) in [4.78, 5) is 12.9. The molecule has 92 valence electrons. The van der Waals surface area contributed by atoms with Crippen LogP contribution in [0.3, 0.4) is 0 Å². The molecule has 0 radical (unpaired) electrons. The molecule has 0 spiro atoms. The Bertz CT molecular complexity index is 286. The predicted octanol–water partition coefficient (Wildman–Crippen LogP) is -2.34. The highest BCUT2D eigenvalue weighted by Crippen LogP contribution is 2.28. The standard InChI is InChI=1S/C10H18N2O4/c1-5(13)11-6-4-12-3-2-7(14)8(12)10(16)9(6)15/h6-10,14-16H,2-4H2,1H3,(H,11,13)/t6?,7-,8?,9?,10?/m0/s1. The fourth-order valence-corrected chi connectivity index (χ4v) is 2.71. The Morgan fingerprint density at radius 2 is 2.00 bits per heavy atom. The van der Waals surface area contributed by atoms with Crippen LogP contribution >= 0.6 is 0 Å². The summed E-state index contributed by atoms with van der Waals surface area (Å²) in [6, 6.07) is -0.867. The molecule has 0 aromatic heterocycles. The molecule has 4 unspecified atom stereocenters. The van der Waals surface area contributed by atoms with E-state index in [0.717, 1.165) is 0 Å². The number of aliphatic hydroxyl groups is 3. The molecule has 0 saturated carbocycles. The zero-order valence-corrected chi connectivity index (χ0v) is 9.21. The maximum atomic E-state index is 10.9. The van der Waals surface area contributed by atoms with Gasteiger partial charge in [0.1, 0.15) is 6.10 Å². The summed E-state index contributed by atoms with van der Waals surface area (Å²) < 4.78 is 0. The van der Waals surface area contributed by atoms with Gasteiger partial charge < -0.3 is 20.6 Å². The molecule has 2 aliphatic rings. The average molecular weight is 230 g/mol. The van der Waals surface area contributed by atoms with Crippen LogP contribution in [0, 0.1) is 0 Å². The summed E-state index contributed by atoms with van der Waals surface area (Å²) in [5.74, 6) is -0.227. The molecule has 0 aliphatic carbocycles. The monoisotopic (exact) mass is 230 g/mol. The van der Waals surface area contributed by atoms with E-state index in [4.69, 9.17) is 0 Å². The molecule has 5 atom stereocenters. The Balaban J connectivity index is 2.09. The average Bonchev–Trinajstić information content (AvgIpc) is 2.55. The Kier molecular flexibility index (Phi) is 3.16. The second kappa shape index (κ2) is 4.29. The second-order valence-electron chi connectivity index (χ2n) is 4.63. The fourth-order valence-electron chi connectivity index (χ4n) is 2.71. The zero-order chi connectivity index (χ0) is 11.9. The maximum absolute atomic E-state index is 10.9. The number of fused-ring (bicyclic) bond motifs is 1. The highest BCUT2D eigenvalue weighted by molar-refractivity contribution is 5.73. The zero-order valence-electron chi connectivity index (χ0n) is 9.21. The van der Waals surface area contributed by atoms with Crippen LogP contribution in [0.25, 0.3) is 0 Å². The summed E-state index contributed by atoms with van der Waals surface area (Å²) in [5, 5.41) is 32.0. The molecule has 6 heteroatoms. The lowest BCUT2D eigenvalue weighted by atomic mass is 9.91. The highest BCUT2D eigenvalue weighted by atomic mass is 16.3. The van der Waals surface area contributed by atoms with Gasteiger partial charge in [0.15, 0.2) is 0 Å². The minimum Gasteiger partial charge on any atom is -0.391 e. The van der Waals surface area contributed by atoms with Crippen LogP contribution in [0.4, 0.5) is 0 Å². The van der Waals surface area contributed by atoms with E-state index in [2.05, 4.69) is 5.32 Å². The Morgan fingerprint density at radius 3 is 2.62 bits per heavy atom. The van der Waals surface area contributed by atoms with E-state index >= 15 is 0 Å². The Morgan fingerprint density at radius 1 is 1.31 bits per heavy atom. The number of hydrogen-bond acceptors (Lipinski definition) is 5. The van der Waals surface area contributed by atoms with Crippen LogP contribution in [-0.2, 0) is 4.79 Å². The lowest BCUT2D eigenvalue weighted by molar-refractivity contribution is -0.127. The van der Waals surface area contributed by atoms with Gasteiger partial charge >= 0.3 is 0 Å². The van der Waals surface area contributed by atoms with E-state index in [-0.39, 0.29) is 5.91 Å². The first-order valence-corrected chi connectivity index (χ1v) is 5.56. The number of piperidine rings is 1. The van der Waals surface area contributed by atoms with Gasteiger partial charge in [-0.1, -0.05) is 0 Å². The van der Waals surface area contributed by atoms with E-state index in [1.807, 2.05) is 4.90 Å². The number of nitrogens with one attached hydrogen (secondary N) is 1. The quantitative estimate of drug-likeness (QED) is 0.405. The van der Waals surface area contributed by atoms with Gasteiger partial charge in [0.25, 0.3) is 0 Å². The van der Waals surface area contributed by atoms with Crippen molar-refractivity contribution in [3.63, 3.8) is 0 Å². The van der Waals surface area contributed by atoms with Gasteiger partial charge in [0, 0.05) is 20.0 Å². The maximum Gasteiger partial charge on any atom is 0.217 e. The van der Waals surface area contributed by atoms with Crippen molar-refractivity contribution in [2.75, 3.05) is 13.1 Å². The molecule has 16 heavy (non-hydrogen) atoms. The van der Waals surface area contributed by atoms with E-state index in [0.29, 0.717) is 19.5 Å². The summed E-state index contributed by atoms with van der Waals surface area (Å²) in [5.41, 5.74) is 0. The van der Waals surface area contributed by atoms with Crippen molar-refractivity contribution < 1.29 is 20.1 Å². The third-order valence-corrected chi connectivity index (χ3v) is 3.46. The van der Waals surface area contributed by atoms with Gasteiger partial charge in [0.2, 0.25) is 5.91 Å². The molecule has 2 rings (SSSR count). The van der Waals surface area contributed by atoms with Crippen molar-refractivity contribution in [1.29, 1.82) is 0 Å². The minimum atomic E-state index is -1.02. The van der Waals surface area contributed by atoms with Gasteiger partial charge in [-0.05, 0) is 6.42 Å². The highest BCUT2D eigenvalue weighted by Gasteiger charge is 2.48. The molecule has 2 fully saturated rings. The second-order valence-corrected chi connectivity index (χ2v) is 4.63. The topological polar surface area (TPSA) is 93.0 Å².